The topological polar surface area (TPSA) is 50.2 Å². The summed E-state index contributed by atoms with van der Waals surface area (Å²) < 4.78 is 0. The van der Waals surface area contributed by atoms with E-state index in [2.05, 4.69) is 4.98 Å². The number of pyridine rings is 1. The van der Waals surface area contributed by atoms with E-state index in [-0.39, 0.29) is 5.56 Å². The molecule has 4 heteroatoms. The predicted octanol–water partition coefficient (Wildman–Crippen LogP) is 3.60. The molecule has 0 atom stereocenters. The molecule has 0 radical (unpaired) electrons. The molecule has 0 unspecified atom stereocenters. The highest BCUT2D eigenvalue weighted by atomic mass is 35.5. The van der Waals surface area contributed by atoms with Crippen molar-refractivity contribution >= 4 is 29.7 Å². The van der Waals surface area contributed by atoms with Crippen LogP contribution in [0.2, 0.25) is 5.15 Å². The summed E-state index contributed by atoms with van der Waals surface area (Å²) >= 11 is 5.69. The van der Waals surface area contributed by atoms with E-state index in [4.69, 9.17) is 16.7 Å². The van der Waals surface area contributed by atoms with Crippen molar-refractivity contribution in [1.29, 1.82) is 0 Å². The number of carboxylic acid groups (broad SMARTS) is 1. The molecule has 1 aromatic heterocycles. The minimum Gasteiger partial charge on any atom is -0.478 e. The largest absolute Gasteiger partial charge is 0.478 e. The smallest absolute Gasteiger partial charge is 0.335 e. The van der Waals surface area contributed by atoms with E-state index >= 15 is 0 Å². The Labute approximate surface area is 109 Å². The van der Waals surface area contributed by atoms with Crippen LogP contribution in [-0.4, -0.2) is 16.1 Å². The van der Waals surface area contributed by atoms with Gasteiger partial charge in [-0.3, -0.25) is 0 Å². The van der Waals surface area contributed by atoms with Gasteiger partial charge in [0.25, 0.3) is 0 Å². The van der Waals surface area contributed by atoms with Gasteiger partial charge in [-0.1, -0.05) is 42.0 Å². The Kier molecular flexibility index (Phi) is 3.75. The Bertz CT molecular complexity index is 574. The number of rotatable bonds is 3. The molecule has 0 saturated carbocycles. The lowest BCUT2D eigenvalue weighted by molar-refractivity contribution is 0.0697. The van der Waals surface area contributed by atoms with Gasteiger partial charge < -0.3 is 5.11 Å². The molecule has 1 N–H and O–H groups in total. The van der Waals surface area contributed by atoms with Crippen LogP contribution < -0.4 is 0 Å². The zero-order chi connectivity index (χ0) is 13.0. The zero-order valence-corrected chi connectivity index (χ0v) is 10.1. The van der Waals surface area contributed by atoms with Crippen LogP contribution in [0.4, 0.5) is 0 Å². The van der Waals surface area contributed by atoms with Gasteiger partial charge in [-0.05, 0) is 29.3 Å². The number of hydrogen-bond donors (Lipinski definition) is 1. The maximum absolute atomic E-state index is 10.7. The van der Waals surface area contributed by atoms with Crippen LogP contribution in [0.15, 0.2) is 42.6 Å². The van der Waals surface area contributed by atoms with Crippen molar-refractivity contribution in [2.24, 2.45) is 0 Å². The first-order valence-electron chi connectivity index (χ1n) is 5.28. The van der Waals surface area contributed by atoms with Crippen LogP contribution in [0.1, 0.15) is 21.5 Å². The first-order valence-corrected chi connectivity index (χ1v) is 5.66. The van der Waals surface area contributed by atoms with Gasteiger partial charge in [0.05, 0.1) is 5.56 Å². The summed E-state index contributed by atoms with van der Waals surface area (Å²) in [6.45, 7) is 0. The number of aromatic nitrogens is 1. The van der Waals surface area contributed by atoms with Crippen LogP contribution >= 0.6 is 11.6 Å². The fourth-order valence-electron chi connectivity index (χ4n) is 1.42. The molecule has 1 heterocycles. The van der Waals surface area contributed by atoms with Gasteiger partial charge in [0.2, 0.25) is 0 Å². The van der Waals surface area contributed by atoms with Gasteiger partial charge >= 0.3 is 5.97 Å². The van der Waals surface area contributed by atoms with Crippen LogP contribution in [0.5, 0.6) is 0 Å². The summed E-state index contributed by atoms with van der Waals surface area (Å²) in [5.74, 6) is -0.924. The van der Waals surface area contributed by atoms with Crippen LogP contribution in [-0.2, 0) is 0 Å². The summed E-state index contributed by atoms with van der Waals surface area (Å²) in [6.07, 6.45) is 5.44. The maximum atomic E-state index is 10.7. The van der Waals surface area contributed by atoms with Crippen molar-refractivity contribution in [3.8, 4) is 0 Å². The van der Waals surface area contributed by atoms with Crippen molar-refractivity contribution in [2.45, 2.75) is 0 Å². The molecule has 2 rings (SSSR count). The normalized spacial score (nSPS) is 10.7. The van der Waals surface area contributed by atoms with E-state index in [0.717, 1.165) is 11.1 Å². The summed E-state index contributed by atoms with van der Waals surface area (Å²) in [5, 5.41) is 9.23. The van der Waals surface area contributed by atoms with E-state index in [0.29, 0.717) is 5.15 Å². The number of halogens is 1. The van der Waals surface area contributed by atoms with Gasteiger partial charge in [0.1, 0.15) is 5.15 Å². The molecule has 0 aliphatic heterocycles. The van der Waals surface area contributed by atoms with Crippen molar-refractivity contribution in [3.05, 3.63) is 64.4 Å². The Balaban J connectivity index is 2.13. The van der Waals surface area contributed by atoms with Crippen molar-refractivity contribution in [1.82, 2.24) is 4.98 Å². The fourth-order valence-corrected chi connectivity index (χ4v) is 1.53. The van der Waals surface area contributed by atoms with Gasteiger partial charge in [0.15, 0.2) is 0 Å². The molecule has 0 bridgehead atoms. The monoisotopic (exact) mass is 259 g/mol. The highest BCUT2D eigenvalue weighted by Crippen LogP contribution is 2.11. The average Bonchev–Trinajstić information content (AvgIpc) is 2.38. The number of carboxylic acids is 1. The Morgan fingerprint density at radius 3 is 2.22 bits per heavy atom. The highest BCUT2D eigenvalue weighted by molar-refractivity contribution is 6.29. The summed E-state index contributed by atoms with van der Waals surface area (Å²) in [6, 6.07) is 10.2. The standard InChI is InChI=1S/C14H10ClNO2/c15-13-8-5-11(9-16-13)2-1-10-3-6-12(7-4-10)14(17)18/h1-9H,(H,17,18). The van der Waals surface area contributed by atoms with E-state index in [9.17, 15) is 4.79 Å². The van der Waals surface area contributed by atoms with E-state index in [1.165, 1.54) is 0 Å². The second-order valence-electron chi connectivity index (χ2n) is 3.67. The van der Waals surface area contributed by atoms with Gasteiger partial charge in [-0.2, -0.15) is 0 Å². The van der Waals surface area contributed by atoms with Crippen molar-refractivity contribution in [2.75, 3.05) is 0 Å². The van der Waals surface area contributed by atoms with Gasteiger partial charge in [-0.25, -0.2) is 9.78 Å². The summed E-state index contributed by atoms with van der Waals surface area (Å²) in [7, 11) is 0. The Morgan fingerprint density at radius 2 is 1.67 bits per heavy atom. The third kappa shape index (κ3) is 3.18. The average molecular weight is 260 g/mol. The molecule has 90 valence electrons. The number of benzene rings is 1. The first-order chi connectivity index (χ1) is 8.65. The molecule has 18 heavy (non-hydrogen) atoms. The molecule has 0 fully saturated rings. The molecular weight excluding hydrogens is 250 g/mol. The minimum atomic E-state index is -0.924. The van der Waals surface area contributed by atoms with Crippen molar-refractivity contribution in [3.63, 3.8) is 0 Å². The molecule has 0 amide bonds. The molecule has 1 aromatic carbocycles. The molecule has 0 aliphatic carbocycles. The second kappa shape index (κ2) is 5.47. The molecule has 0 aliphatic rings. The van der Waals surface area contributed by atoms with Gasteiger partial charge in [-0.15, -0.1) is 0 Å². The second-order valence-corrected chi connectivity index (χ2v) is 4.06. The lowest BCUT2D eigenvalue weighted by atomic mass is 10.1. The minimum absolute atomic E-state index is 0.278. The van der Waals surface area contributed by atoms with Crippen LogP contribution in [0.3, 0.4) is 0 Å². The fraction of sp³-hybridized carbons (Fsp3) is 0. The Hall–Kier alpha value is -2.13. The van der Waals surface area contributed by atoms with E-state index in [1.807, 2.05) is 18.2 Å². The number of aromatic carboxylic acids is 1. The lowest BCUT2D eigenvalue weighted by Crippen LogP contribution is -1.94. The number of nitrogens with zero attached hydrogens (tertiary/aromatic N) is 1. The number of hydrogen-bond acceptors (Lipinski definition) is 2. The zero-order valence-electron chi connectivity index (χ0n) is 9.38. The van der Waals surface area contributed by atoms with Crippen LogP contribution in [0.25, 0.3) is 12.2 Å². The van der Waals surface area contributed by atoms with Crippen LogP contribution in [0, 0.1) is 0 Å². The summed E-state index contributed by atoms with van der Waals surface area (Å²) in [4.78, 5) is 14.6. The predicted molar refractivity (Wildman–Crippen MR) is 71.6 cm³/mol. The van der Waals surface area contributed by atoms with Crippen molar-refractivity contribution < 1.29 is 9.90 Å². The quantitative estimate of drug-likeness (QED) is 0.857. The maximum Gasteiger partial charge on any atom is 0.335 e. The molecule has 0 spiro atoms. The summed E-state index contributed by atoms with van der Waals surface area (Å²) in [5.41, 5.74) is 2.14. The third-order valence-corrected chi connectivity index (χ3v) is 2.60. The lowest BCUT2D eigenvalue weighted by Gasteiger charge is -1.96. The first kappa shape index (κ1) is 12.3. The third-order valence-electron chi connectivity index (χ3n) is 2.38. The highest BCUT2D eigenvalue weighted by Gasteiger charge is 1.99. The van der Waals surface area contributed by atoms with Gasteiger partial charge in [0, 0.05) is 6.20 Å². The number of carbonyl (C=O) groups is 1. The van der Waals surface area contributed by atoms with E-state index in [1.54, 1.807) is 36.5 Å². The SMILES string of the molecule is O=C(O)c1ccc(C=Cc2ccc(Cl)nc2)cc1. The Morgan fingerprint density at radius 1 is 1.06 bits per heavy atom. The van der Waals surface area contributed by atoms with E-state index < -0.39 is 5.97 Å². The molecule has 2 aromatic rings. The molecule has 0 saturated heterocycles. The molecule has 3 nitrogen and oxygen atoms in total. The molecular formula is C14H10ClNO2.